The van der Waals surface area contributed by atoms with E-state index in [1.807, 2.05) is 13.0 Å². The van der Waals surface area contributed by atoms with Crippen LogP contribution in [0.1, 0.15) is 61.6 Å². The van der Waals surface area contributed by atoms with Gasteiger partial charge in [0.25, 0.3) is 5.91 Å². The maximum atomic E-state index is 12.8. The molecule has 3 nitrogen and oxygen atoms in total. The molecule has 0 unspecified atom stereocenters. The highest BCUT2D eigenvalue weighted by molar-refractivity contribution is 5.95. The first-order valence-electron chi connectivity index (χ1n) is 7.53. The SMILES string of the molecule is Cc1occc1C(=O)N(C1CCC(C)CC1)C1CC1. The molecule has 2 saturated carbocycles. The molecule has 0 aliphatic heterocycles. The summed E-state index contributed by atoms with van der Waals surface area (Å²) in [6.07, 6.45) is 8.82. The number of carbonyl (C=O) groups is 1. The molecule has 19 heavy (non-hydrogen) atoms. The van der Waals surface area contributed by atoms with Gasteiger partial charge in [0.15, 0.2) is 0 Å². The van der Waals surface area contributed by atoms with Gasteiger partial charge in [0.05, 0.1) is 11.8 Å². The standard InChI is InChI=1S/C16H23NO2/c1-11-3-5-13(6-4-11)17(14-7-8-14)16(18)15-9-10-19-12(15)2/h9-11,13-14H,3-8H2,1-2H3. The maximum Gasteiger partial charge on any atom is 0.257 e. The molecule has 0 bridgehead atoms. The molecule has 0 atom stereocenters. The zero-order valence-corrected chi connectivity index (χ0v) is 11.9. The van der Waals surface area contributed by atoms with Crippen LogP contribution in [0, 0.1) is 12.8 Å². The smallest absolute Gasteiger partial charge is 0.257 e. The molecule has 0 N–H and O–H groups in total. The van der Waals surface area contributed by atoms with E-state index in [0.29, 0.717) is 12.1 Å². The number of amides is 1. The summed E-state index contributed by atoms with van der Waals surface area (Å²) < 4.78 is 5.29. The van der Waals surface area contributed by atoms with Crippen LogP contribution in [-0.2, 0) is 0 Å². The lowest BCUT2D eigenvalue weighted by molar-refractivity contribution is 0.0591. The second-order valence-electron chi connectivity index (χ2n) is 6.25. The largest absolute Gasteiger partial charge is 0.469 e. The number of rotatable bonds is 3. The van der Waals surface area contributed by atoms with Crippen molar-refractivity contribution in [3.63, 3.8) is 0 Å². The van der Waals surface area contributed by atoms with Gasteiger partial charge in [0.2, 0.25) is 0 Å². The molecule has 2 aliphatic carbocycles. The number of nitrogens with zero attached hydrogens (tertiary/aromatic N) is 1. The normalized spacial score (nSPS) is 27.3. The van der Waals surface area contributed by atoms with Crippen LogP contribution in [0.25, 0.3) is 0 Å². The summed E-state index contributed by atoms with van der Waals surface area (Å²) in [6.45, 7) is 4.20. The van der Waals surface area contributed by atoms with E-state index in [4.69, 9.17) is 4.42 Å². The molecule has 2 aliphatic rings. The third kappa shape index (κ3) is 2.56. The number of hydrogen-bond acceptors (Lipinski definition) is 2. The monoisotopic (exact) mass is 261 g/mol. The molecule has 1 amide bonds. The van der Waals surface area contributed by atoms with E-state index < -0.39 is 0 Å². The molecule has 3 rings (SSSR count). The molecular formula is C16H23NO2. The summed E-state index contributed by atoms with van der Waals surface area (Å²) in [6, 6.07) is 2.75. The lowest BCUT2D eigenvalue weighted by Crippen LogP contribution is -2.43. The Hall–Kier alpha value is -1.25. The number of aryl methyl sites for hydroxylation is 1. The Kier molecular flexibility index (Phi) is 3.38. The number of carbonyl (C=O) groups excluding carboxylic acids is 1. The van der Waals surface area contributed by atoms with Gasteiger partial charge in [-0.3, -0.25) is 4.79 Å². The van der Waals surface area contributed by atoms with Crippen LogP contribution in [0.3, 0.4) is 0 Å². The Labute approximate surface area is 115 Å². The highest BCUT2D eigenvalue weighted by Crippen LogP contribution is 2.36. The molecule has 0 saturated heterocycles. The van der Waals surface area contributed by atoms with Gasteiger partial charge >= 0.3 is 0 Å². The molecule has 104 valence electrons. The quantitative estimate of drug-likeness (QED) is 0.829. The van der Waals surface area contributed by atoms with Crippen LogP contribution < -0.4 is 0 Å². The zero-order chi connectivity index (χ0) is 13.4. The Morgan fingerprint density at radius 2 is 1.74 bits per heavy atom. The third-order valence-corrected chi connectivity index (χ3v) is 4.64. The van der Waals surface area contributed by atoms with E-state index >= 15 is 0 Å². The minimum atomic E-state index is 0.188. The lowest BCUT2D eigenvalue weighted by atomic mass is 9.86. The number of furan rings is 1. The Balaban J connectivity index is 1.78. The molecule has 3 heteroatoms. The van der Waals surface area contributed by atoms with E-state index in [9.17, 15) is 4.79 Å². The van der Waals surface area contributed by atoms with Crippen LogP contribution >= 0.6 is 0 Å². The van der Waals surface area contributed by atoms with Crippen molar-refractivity contribution < 1.29 is 9.21 Å². The van der Waals surface area contributed by atoms with Crippen molar-refractivity contribution in [1.29, 1.82) is 0 Å². The fourth-order valence-electron chi connectivity index (χ4n) is 3.25. The molecular weight excluding hydrogens is 238 g/mol. The number of hydrogen-bond donors (Lipinski definition) is 0. The summed E-state index contributed by atoms with van der Waals surface area (Å²) in [5.41, 5.74) is 0.755. The molecule has 2 fully saturated rings. The Morgan fingerprint density at radius 1 is 1.16 bits per heavy atom. The first-order valence-corrected chi connectivity index (χ1v) is 7.53. The second kappa shape index (κ2) is 5.03. The maximum absolute atomic E-state index is 12.8. The minimum absolute atomic E-state index is 0.188. The van der Waals surface area contributed by atoms with Crippen LogP contribution in [-0.4, -0.2) is 22.9 Å². The zero-order valence-electron chi connectivity index (χ0n) is 11.9. The molecule has 1 heterocycles. The molecule has 1 aromatic heterocycles. The van der Waals surface area contributed by atoms with Crippen molar-refractivity contribution in [2.24, 2.45) is 5.92 Å². The van der Waals surface area contributed by atoms with Crippen LogP contribution in [0.2, 0.25) is 0 Å². The fourth-order valence-corrected chi connectivity index (χ4v) is 3.25. The third-order valence-electron chi connectivity index (χ3n) is 4.64. The van der Waals surface area contributed by atoms with Gasteiger partial charge in [-0.2, -0.15) is 0 Å². The predicted octanol–water partition coefficient (Wildman–Crippen LogP) is 3.77. The first kappa shape index (κ1) is 12.8. The molecule has 0 spiro atoms. The average Bonchev–Trinajstić information content (AvgIpc) is 3.13. The fraction of sp³-hybridized carbons (Fsp3) is 0.688. The van der Waals surface area contributed by atoms with Crippen molar-refractivity contribution in [2.45, 2.75) is 64.5 Å². The van der Waals surface area contributed by atoms with E-state index in [1.165, 1.54) is 38.5 Å². The van der Waals surface area contributed by atoms with Gasteiger partial charge < -0.3 is 9.32 Å². The van der Waals surface area contributed by atoms with Gasteiger partial charge in [0, 0.05) is 12.1 Å². The van der Waals surface area contributed by atoms with Crippen LogP contribution in [0.4, 0.5) is 0 Å². The van der Waals surface area contributed by atoms with Crippen molar-refractivity contribution in [2.75, 3.05) is 0 Å². The predicted molar refractivity (Wildman–Crippen MR) is 74.1 cm³/mol. The average molecular weight is 261 g/mol. The molecule has 0 radical (unpaired) electrons. The first-order chi connectivity index (χ1) is 9.16. The summed E-state index contributed by atoms with van der Waals surface area (Å²) in [5, 5.41) is 0. The molecule has 1 aromatic rings. The molecule has 0 aromatic carbocycles. The van der Waals surface area contributed by atoms with E-state index in [-0.39, 0.29) is 5.91 Å². The van der Waals surface area contributed by atoms with Crippen molar-refractivity contribution in [3.05, 3.63) is 23.7 Å². The van der Waals surface area contributed by atoms with Gasteiger partial charge in [-0.25, -0.2) is 0 Å². The van der Waals surface area contributed by atoms with Gasteiger partial charge in [-0.05, 0) is 57.4 Å². The topological polar surface area (TPSA) is 33.5 Å². The van der Waals surface area contributed by atoms with Gasteiger partial charge in [-0.1, -0.05) is 6.92 Å². The second-order valence-corrected chi connectivity index (χ2v) is 6.25. The summed E-state index contributed by atoms with van der Waals surface area (Å²) in [5.74, 6) is 1.76. The van der Waals surface area contributed by atoms with E-state index in [0.717, 1.165) is 17.2 Å². The lowest BCUT2D eigenvalue weighted by Gasteiger charge is -2.36. The van der Waals surface area contributed by atoms with Gasteiger partial charge in [0.1, 0.15) is 5.76 Å². The minimum Gasteiger partial charge on any atom is -0.469 e. The summed E-state index contributed by atoms with van der Waals surface area (Å²) in [4.78, 5) is 14.9. The summed E-state index contributed by atoms with van der Waals surface area (Å²) >= 11 is 0. The van der Waals surface area contributed by atoms with E-state index in [1.54, 1.807) is 6.26 Å². The van der Waals surface area contributed by atoms with Gasteiger partial charge in [-0.15, -0.1) is 0 Å². The van der Waals surface area contributed by atoms with Crippen LogP contribution in [0.15, 0.2) is 16.7 Å². The van der Waals surface area contributed by atoms with E-state index in [2.05, 4.69) is 11.8 Å². The Morgan fingerprint density at radius 3 is 2.21 bits per heavy atom. The highest BCUT2D eigenvalue weighted by atomic mass is 16.3. The van der Waals surface area contributed by atoms with Crippen molar-refractivity contribution >= 4 is 5.91 Å². The highest BCUT2D eigenvalue weighted by Gasteiger charge is 2.39. The van der Waals surface area contributed by atoms with Crippen LogP contribution in [0.5, 0.6) is 0 Å². The Bertz CT molecular complexity index is 453. The summed E-state index contributed by atoms with van der Waals surface area (Å²) in [7, 11) is 0. The van der Waals surface area contributed by atoms with Crippen molar-refractivity contribution in [1.82, 2.24) is 4.90 Å². The van der Waals surface area contributed by atoms with Crippen molar-refractivity contribution in [3.8, 4) is 0 Å².